The summed E-state index contributed by atoms with van der Waals surface area (Å²) < 4.78 is 7.89. The number of hydrogen-bond donors (Lipinski definition) is 2. The average molecular weight is 360 g/mol. The number of benzene rings is 3. The molecular weight excluding hydrogens is 338 g/mol. The van der Waals surface area contributed by atoms with E-state index in [0.29, 0.717) is 5.75 Å². The summed E-state index contributed by atoms with van der Waals surface area (Å²) >= 11 is 0. The van der Waals surface area contributed by atoms with Crippen molar-refractivity contribution in [3.8, 4) is 5.75 Å². The van der Waals surface area contributed by atoms with Gasteiger partial charge >= 0.3 is 0 Å². The molecule has 0 fully saturated rings. The molecule has 2 heterocycles. The van der Waals surface area contributed by atoms with Crippen molar-refractivity contribution in [3.63, 3.8) is 0 Å². The Balaban J connectivity index is 2.02. The topological polar surface area (TPSA) is 53.6 Å². The van der Waals surface area contributed by atoms with E-state index in [-0.39, 0.29) is 13.2 Å². The fourth-order valence-corrected chi connectivity index (χ4v) is 4.46. The molecule has 5 rings (SSSR count). The maximum Gasteiger partial charge on any atom is 0.182 e. The zero-order valence-corrected chi connectivity index (χ0v) is 15.3. The lowest BCUT2D eigenvalue weighted by Crippen LogP contribution is -2.32. The number of aryl methyl sites for hydroxylation is 2. The van der Waals surface area contributed by atoms with Gasteiger partial charge in [-0.3, -0.25) is 0 Å². The van der Waals surface area contributed by atoms with Gasteiger partial charge in [-0.2, -0.15) is 0 Å². The highest BCUT2D eigenvalue weighted by Gasteiger charge is 2.22. The Labute approximate surface area is 157 Å². The van der Waals surface area contributed by atoms with Crippen LogP contribution in [0.25, 0.3) is 32.3 Å². The summed E-state index contributed by atoms with van der Waals surface area (Å²) in [6, 6.07) is 12.5. The molecule has 0 atom stereocenters. The summed E-state index contributed by atoms with van der Waals surface area (Å²) in [7, 11) is 1.64. The van der Waals surface area contributed by atoms with Crippen LogP contribution in [0.3, 0.4) is 0 Å². The van der Waals surface area contributed by atoms with Crippen LogP contribution in [0.15, 0.2) is 42.6 Å². The lowest BCUT2D eigenvalue weighted by atomic mass is 9.92. The minimum Gasteiger partial charge on any atom is -0.496 e. The predicted octanol–water partition coefficient (Wildman–Crippen LogP) is 3.37. The molecule has 0 bridgehead atoms. The van der Waals surface area contributed by atoms with Crippen LogP contribution < -0.4 is 9.30 Å². The molecule has 0 radical (unpaired) electrons. The van der Waals surface area contributed by atoms with Gasteiger partial charge in [0.2, 0.25) is 0 Å². The molecule has 136 valence electrons. The first-order valence-corrected chi connectivity index (χ1v) is 9.36. The number of aromatic nitrogens is 1. The Hall–Kier alpha value is -2.69. The molecule has 4 nitrogen and oxygen atoms in total. The summed E-state index contributed by atoms with van der Waals surface area (Å²) in [5.74, 6) is 0.703. The van der Waals surface area contributed by atoms with Crippen LogP contribution in [0.4, 0.5) is 0 Å². The third-order valence-electron chi connectivity index (χ3n) is 5.81. The van der Waals surface area contributed by atoms with Gasteiger partial charge in [0.1, 0.15) is 12.3 Å². The van der Waals surface area contributed by atoms with Gasteiger partial charge < -0.3 is 14.9 Å². The fourth-order valence-electron chi connectivity index (χ4n) is 4.46. The van der Waals surface area contributed by atoms with Crippen LogP contribution in [0.1, 0.15) is 23.2 Å². The summed E-state index contributed by atoms with van der Waals surface area (Å²) in [5.41, 5.74) is 3.03. The van der Waals surface area contributed by atoms with Gasteiger partial charge in [-0.1, -0.05) is 12.1 Å². The molecule has 1 aromatic heterocycles. The Morgan fingerprint density at radius 3 is 2.44 bits per heavy atom. The van der Waals surface area contributed by atoms with E-state index in [4.69, 9.17) is 4.74 Å². The maximum atomic E-state index is 9.80. The van der Waals surface area contributed by atoms with Gasteiger partial charge in [0, 0.05) is 29.9 Å². The second-order valence-corrected chi connectivity index (χ2v) is 7.29. The fraction of sp³-hybridized carbons (Fsp3) is 0.261. The monoisotopic (exact) mass is 360 g/mol. The first-order valence-electron chi connectivity index (χ1n) is 9.36. The maximum absolute atomic E-state index is 9.80. The molecule has 3 aromatic carbocycles. The second-order valence-electron chi connectivity index (χ2n) is 7.29. The Morgan fingerprint density at radius 1 is 0.889 bits per heavy atom. The molecule has 0 saturated carbocycles. The predicted molar refractivity (Wildman–Crippen MR) is 106 cm³/mol. The summed E-state index contributed by atoms with van der Waals surface area (Å²) in [6.45, 7) is 0.996. The van der Waals surface area contributed by atoms with Gasteiger partial charge in [-0.15, -0.1) is 0 Å². The zero-order valence-electron chi connectivity index (χ0n) is 15.3. The van der Waals surface area contributed by atoms with E-state index in [2.05, 4.69) is 29.0 Å². The number of aliphatic hydroxyl groups excluding tert-OH is 2. The molecule has 2 N–H and O–H groups in total. The number of hydrogen-bond acceptors (Lipinski definition) is 3. The van der Waals surface area contributed by atoms with E-state index >= 15 is 0 Å². The van der Waals surface area contributed by atoms with Crippen molar-refractivity contribution in [3.05, 3.63) is 59.4 Å². The van der Waals surface area contributed by atoms with Crippen LogP contribution >= 0.6 is 0 Å². The number of nitrogens with zero attached hydrogens (tertiary/aromatic N) is 1. The van der Waals surface area contributed by atoms with Gasteiger partial charge in [-0.25, -0.2) is 4.57 Å². The molecule has 1 aliphatic heterocycles. The SMILES string of the molecule is COc1cc2c(cc1CO)c1cc(CO)ccc1c1cc3[n+](cc21)CCC3. The largest absolute Gasteiger partial charge is 0.496 e. The quantitative estimate of drug-likeness (QED) is 0.435. The van der Waals surface area contributed by atoms with Crippen LogP contribution in [0.2, 0.25) is 0 Å². The molecule has 0 spiro atoms. The smallest absolute Gasteiger partial charge is 0.182 e. The molecule has 0 saturated heterocycles. The molecule has 4 aromatic rings. The number of aliphatic hydroxyl groups is 2. The van der Waals surface area contributed by atoms with Crippen LogP contribution in [-0.4, -0.2) is 17.3 Å². The molecule has 27 heavy (non-hydrogen) atoms. The number of ether oxygens (including phenoxy) is 1. The lowest BCUT2D eigenvalue weighted by Gasteiger charge is -2.14. The van der Waals surface area contributed by atoms with Crippen LogP contribution in [0.5, 0.6) is 5.75 Å². The van der Waals surface area contributed by atoms with Crippen LogP contribution in [0, 0.1) is 0 Å². The van der Waals surface area contributed by atoms with Gasteiger partial charge in [-0.05, 0) is 45.3 Å². The van der Waals surface area contributed by atoms with Gasteiger partial charge in [0.05, 0.1) is 25.7 Å². The Morgan fingerprint density at radius 2 is 1.67 bits per heavy atom. The number of pyridine rings is 1. The third kappa shape index (κ3) is 2.41. The molecule has 0 amide bonds. The minimum absolute atomic E-state index is 0.0124. The third-order valence-corrected chi connectivity index (χ3v) is 5.81. The highest BCUT2D eigenvalue weighted by atomic mass is 16.5. The van der Waals surface area contributed by atoms with E-state index in [0.717, 1.165) is 40.3 Å². The first kappa shape index (κ1) is 16.5. The van der Waals surface area contributed by atoms with E-state index in [1.807, 2.05) is 18.2 Å². The highest BCUT2D eigenvalue weighted by Crippen LogP contribution is 2.38. The standard InChI is InChI=1S/C23H22NO3/c1-27-23-10-21-19(8-15(23)13-26)18-7-14(12-25)4-5-17(18)20-9-16-3-2-6-24(16)11-22(20)21/h4-5,7-11,25-26H,2-3,6,12-13H2,1H3/q+1. The first-order chi connectivity index (χ1) is 13.2. The molecular formula is C23H22NO3+. The molecule has 4 heteroatoms. The van der Waals surface area contributed by atoms with Crippen molar-refractivity contribution in [1.29, 1.82) is 0 Å². The molecule has 0 aliphatic carbocycles. The molecule has 1 aliphatic rings. The molecule has 0 unspecified atom stereocenters. The summed E-state index contributed by atoms with van der Waals surface area (Å²) in [6.07, 6.45) is 4.55. The zero-order chi connectivity index (χ0) is 18.5. The van der Waals surface area contributed by atoms with Crippen molar-refractivity contribution >= 4 is 32.3 Å². The van der Waals surface area contributed by atoms with Gasteiger partial charge in [0.25, 0.3) is 0 Å². The van der Waals surface area contributed by atoms with Crippen molar-refractivity contribution in [1.82, 2.24) is 0 Å². The van der Waals surface area contributed by atoms with Crippen molar-refractivity contribution in [2.75, 3.05) is 7.11 Å². The van der Waals surface area contributed by atoms with E-state index in [1.165, 1.54) is 28.3 Å². The van der Waals surface area contributed by atoms with Gasteiger partial charge in [0.15, 0.2) is 11.9 Å². The Kier molecular flexibility index (Phi) is 3.78. The van der Waals surface area contributed by atoms with Crippen molar-refractivity contribution < 1.29 is 19.5 Å². The van der Waals surface area contributed by atoms with Crippen molar-refractivity contribution in [2.24, 2.45) is 0 Å². The minimum atomic E-state index is -0.0722. The number of fused-ring (bicyclic) bond motifs is 7. The normalized spacial score (nSPS) is 13.6. The average Bonchev–Trinajstić information content (AvgIpc) is 3.18. The Bertz CT molecular complexity index is 1210. The van der Waals surface area contributed by atoms with Crippen LogP contribution in [-0.2, 0) is 26.2 Å². The van der Waals surface area contributed by atoms with Crippen molar-refractivity contribution in [2.45, 2.75) is 32.6 Å². The number of rotatable bonds is 3. The number of methoxy groups -OCH3 is 1. The van der Waals surface area contributed by atoms with E-state index < -0.39 is 0 Å². The summed E-state index contributed by atoms with van der Waals surface area (Å²) in [5, 5.41) is 26.3. The second kappa shape index (κ2) is 6.19. The lowest BCUT2D eigenvalue weighted by molar-refractivity contribution is -0.689. The highest BCUT2D eigenvalue weighted by molar-refractivity contribution is 6.25. The van der Waals surface area contributed by atoms with E-state index in [1.54, 1.807) is 7.11 Å². The van der Waals surface area contributed by atoms with E-state index in [9.17, 15) is 10.2 Å². The summed E-state index contributed by atoms with van der Waals surface area (Å²) in [4.78, 5) is 0.